The lowest BCUT2D eigenvalue weighted by Crippen LogP contribution is -2.41. The number of hydrogen-bond acceptors (Lipinski definition) is 4. The van der Waals surface area contributed by atoms with Gasteiger partial charge in [0.2, 0.25) is 0 Å². The Morgan fingerprint density at radius 1 is 0.870 bits per heavy atom. The fourth-order valence-corrected chi connectivity index (χ4v) is 1.93. The van der Waals surface area contributed by atoms with E-state index >= 15 is 0 Å². The van der Waals surface area contributed by atoms with Crippen LogP contribution in [0, 0.1) is 10.1 Å². The quantitative estimate of drug-likeness (QED) is 0.654. The molecule has 2 amide bonds. The van der Waals surface area contributed by atoms with Gasteiger partial charge in [-0.1, -0.05) is 23.2 Å². The first kappa shape index (κ1) is 16.7. The third-order valence-electron chi connectivity index (χ3n) is 2.81. The number of benzene rings is 2. The highest BCUT2D eigenvalue weighted by Crippen LogP contribution is 2.22. The molecule has 0 atom stereocenters. The molecule has 0 unspecified atom stereocenters. The SMILES string of the molecule is O=C(NNC(=O)c1ccc(Cl)c(Cl)c1)c1ccc([N+](=O)[O-])cc1. The molecular weight excluding hydrogens is 345 g/mol. The van der Waals surface area contributed by atoms with Crippen molar-refractivity contribution in [3.8, 4) is 0 Å². The van der Waals surface area contributed by atoms with Gasteiger partial charge in [0.15, 0.2) is 0 Å². The molecule has 2 N–H and O–H groups in total. The maximum absolute atomic E-state index is 11.9. The Hall–Kier alpha value is -2.64. The van der Waals surface area contributed by atoms with Crippen LogP contribution in [0.4, 0.5) is 5.69 Å². The Balaban J connectivity index is 1.99. The summed E-state index contributed by atoms with van der Waals surface area (Å²) in [6, 6.07) is 9.19. The number of carbonyl (C=O) groups is 2. The summed E-state index contributed by atoms with van der Waals surface area (Å²) in [4.78, 5) is 33.7. The summed E-state index contributed by atoms with van der Waals surface area (Å²) in [5.41, 5.74) is 4.63. The maximum Gasteiger partial charge on any atom is 0.269 e. The number of non-ortho nitro benzene ring substituents is 1. The minimum absolute atomic E-state index is 0.138. The van der Waals surface area contributed by atoms with E-state index < -0.39 is 16.7 Å². The Morgan fingerprint density at radius 3 is 1.91 bits per heavy atom. The molecule has 0 radical (unpaired) electrons. The smallest absolute Gasteiger partial charge is 0.267 e. The number of amides is 2. The molecule has 0 aliphatic heterocycles. The number of rotatable bonds is 3. The van der Waals surface area contributed by atoms with Crippen molar-refractivity contribution in [2.45, 2.75) is 0 Å². The van der Waals surface area contributed by atoms with Gasteiger partial charge in [-0.2, -0.15) is 0 Å². The predicted octanol–water partition coefficient (Wildman–Crippen LogP) is 2.98. The summed E-state index contributed by atoms with van der Waals surface area (Å²) in [5, 5.41) is 11.0. The molecule has 2 aromatic carbocycles. The summed E-state index contributed by atoms with van der Waals surface area (Å²) in [6.07, 6.45) is 0. The second-order valence-electron chi connectivity index (χ2n) is 4.34. The molecule has 0 heterocycles. The summed E-state index contributed by atoms with van der Waals surface area (Å²) in [7, 11) is 0. The van der Waals surface area contributed by atoms with E-state index in [1.165, 1.54) is 42.5 Å². The van der Waals surface area contributed by atoms with E-state index in [9.17, 15) is 19.7 Å². The topological polar surface area (TPSA) is 101 Å². The number of nitrogens with zero attached hydrogens (tertiary/aromatic N) is 1. The molecule has 7 nitrogen and oxygen atoms in total. The highest BCUT2D eigenvalue weighted by atomic mass is 35.5. The number of nitrogens with one attached hydrogen (secondary N) is 2. The van der Waals surface area contributed by atoms with Crippen LogP contribution in [0.2, 0.25) is 10.0 Å². The van der Waals surface area contributed by atoms with Crippen molar-refractivity contribution in [3.63, 3.8) is 0 Å². The molecular formula is C14H9Cl2N3O4. The van der Waals surface area contributed by atoms with Gasteiger partial charge in [0.1, 0.15) is 0 Å². The third kappa shape index (κ3) is 4.18. The molecule has 0 saturated heterocycles. The van der Waals surface area contributed by atoms with E-state index in [0.29, 0.717) is 5.02 Å². The van der Waals surface area contributed by atoms with Gasteiger partial charge in [-0.05, 0) is 30.3 Å². The van der Waals surface area contributed by atoms with Crippen LogP contribution >= 0.6 is 23.2 Å². The van der Waals surface area contributed by atoms with Crippen LogP contribution in [0.1, 0.15) is 20.7 Å². The Kier molecular flexibility index (Phi) is 5.15. The van der Waals surface area contributed by atoms with E-state index in [1.807, 2.05) is 0 Å². The number of nitro groups is 1. The fourth-order valence-electron chi connectivity index (χ4n) is 1.63. The van der Waals surface area contributed by atoms with Crippen LogP contribution in [0.15, 0.2) is 42.5 Å². The number of nitro benzene ring substituents is 1. The molecule has 2 aromatic rings. The van der Waals surface area contributed by atoms with Gasteiger partial charge in [-0.15, -0.1) is 0 Å². The highest BCUT2D eigenvalue weighted by Gasteiger charge is 2.12. The second-order valence-corrected chi connectivity index (χ2v) is 5.16. The fraction of sp³-hybridized carbons (Fsp3) is 0. The molecule has 23 heavy (non-hydrogen) atoms. The molecule has 118 valence electrons. The van der Waals surface area contributed by atoms with E-state index in [-0.39, 0.29) is 21.8 Å². The van der Waals surface area contributed by atoms with Gasteiger partial charge >= 0.3 is 0 Å². The Labute approximate surface area is 140 Å². The van der Waals surface area contributed by atoms with Crippen molar-refractivity contribution in [1.82, 2.24) is 10.9 Å². The van der Waals surface area contributed by atoms with Gasteiger partial charge in [-0.3, -0.25) is 30.6 Å². The summed E-state index contributed by atoms with van der Waals surface area (Å²) < 4.78 is 0. The molecule has 2 rings (SSSR count). The molecule has 0 aromatic heterocycles. The molecule has 0 spiro atoms. The van der Waals surface area contributed by atoms with Crippen molar-refractivity contribution >= 4 is 40.7 Å². The van der Waals surface area contributed by atoms with Crippen molar-refractivity contribution in [3.05, 3.63) is 73.8 Å². The highest BCUT2D eigenvalue weighted by molar-refractivity contribution is 6.42. The van der Waals surface area contributed by atoms with Gasteiger partial charge in [0, 0.05) is 23.3 Å². The molecule has 0 bridgehead atoms. The summed E-state index contributed by atoms with van der Waals surface area (Å²) in [6.45, 7) is 0. The Morgan fingerprint density at radius 2 is 1.39 bits per heavy atom. The summed E-state index contributed by atoms with van der Waals surface area (Å²) in [5.74, 6) is -1.20. The zero-order chi connectivity index (χ0) is 17.0. The monoisotopic (exact) mass is 353 g/mol. The zero-order valence-electron chi connectivity index (χ0n) is 11.4. The molecule has 0 aliphatic carbocycles. The lowest BCUT2D eigenvalue weighted by atomic mass is 10.2. The largest absolute Gasteiger partial charge is 0.269 e. The van der Waals surface area contributed by atoms with Crippen LogP contribution in [-0.2, 0) is 0 Å². The molecule has 0 fully saturated rings. The lowest BCUT2D eigenvalue weighted by Gasteiger charge is -2.08. The van der Waals surface area contributed by atoms with Crippen molar-refractivity contribution in [2.75, 3.05) is 0 Å². The standard InChI is InChI=1S/C14H9Cl2N3O4/c15-11-6-3-9(7-12(11)16)14(21)18-17-13(20)8-1-4-10(5-2-8)19(22)23/h1-7H,(H,17,20)(H,18,21). The summed E-state index contributed by atoms with van der Waals surface area (Å²) >= 11 is 11.5. The van der Waals surface area contributed by atoms with Gasteiger partial charge < -0.3 is 0 Å². The van der Waals surface area contributed by atoms with Crippen LogP contribution in [0.3, 0.4) is 0 Å². The number of hydrogen-bond donors (Lipinski definition) is 2. The number of hydrazine groups is 1. The molecule has 0 aliphatic rings. The average molecular weight is 354 g/mol. The number of carbonyl (C=O) groups excluding carboxylic acids is 2. The minimum Gasteiger partial charge on any atom is -0.267 e. The zero-order valence-corrected chi connectivity index (χ0v) is 12.9. The van der Waals surface area contributed by atoms with Crippen molar-refractivity contribution in [2.24, 2.45) is 0 Å². The maximum atomic E-state index is 11.9. The first-order chi connectivity index (χ1) is 10.9. The third-order valence-corrected chi connectivity index (χ3v) is 3.55. The van der Waals surface area contributed by atoms with Gasteiger partial charge in [0.25, 0.3) is 17.5 Å². The van der Waals surface area contributed by atoms with Gasteiger partial charge in [0.05, 0.1) is 15.0 Å². The minimum atomic E-state index is -0.617. The average Bonchev–Trinajstić information content (AvgIpc) is 2.54. The normalized spacial score (nSPS) is 10.0. The van der Waals surface area contributed by atoms with E-state index in [2.05, 4.69) is 10.9 Å². The van der Waals surface area contributed by atoms with E-state index in [4.69, 9.17) is 23.2 Å². The van der Waals surface area contributed by atoms with E-state index in [0.717, 1.165) is 0 Å². The van der Waals surface area contributed by atoms with Crippen LogP contribution in [0.25, 0.3) is 0 Å². The van der Waals surface area contributed by atoms with Gasteiger partial charge in [-0.25, -0.2) is 0 Å². The van der Waals surface area contributed by atoms with Crippen LogP contribution in [0.5, 0.6) is 0 Å². The second kappa shape index (κ2) is 7.08. The first-order valence-corrected chi connectivity index (χ1v) is 6.94. The number of halogens is 2. The van der Waals surface area contributed by atoms with E-state index in [1.54, 1.807) is 0 Å². The predicted molar refractivity (Wildman–Crippen MR) is 84.5 cm³/mol. The lowest BCUT2D eigenvalue weighted by molar-refractivity contribution is -0.384. The van der Waals surface area contributed by atoms with Crippen molar-refractivity contribution in [1.29, 1.82) is 0 Å². The first-order valence-electron chi connectivity index (χ1n) is 6.18. The van der Waals surface area contributed by atoms with Crippen LogP contribution in [-0.4, -0.2) is 16.7 Å². The Bertz CT molecular complexity index is 778. The van der Waals surface area contributed by atoms with Crippen molar-refractivity contribution < 1.29 is 14.5 Å². The van der Waals surface area contributed by atoms with Crippen LogP contribution < -0.4 is 10.9 Å². The molecule has 0 saturated carbocycles. The molecule has 9 heteroatoms.